The molecule has 0 unspecified atom stereocenters. The Morgan fingerprint density at radius 2 is 1.81 bits per heavy atom. The van der Waals surface area contributed by atoms with Crippen LogP contribution in [-0.2, 0) is 11.0 Å². The summed E-state index contributed by atoms with van der Waals surface area (Å²) in [4.78, 5) is 14.1. The Morgan fingerprint density at radius 1 is 1.24 bits per heavy atom. The second kappa shape index (κ2) is 5.81. The fourth-order valence-corrected chi connectivity index (χ4v) is 3.37. The van der Waals surface area contributed by atoms with Gasteiger partial charge in [-0.25, -0.2) is 0 Å². The van der Waals surface area contributed by atoms with Crippen molar-refractivity contribution in [3.8, 4) is 0 Å². The lowest BCUT2D eigenvalue weighted by atomic mass is 10.1. The Hall–Kier alpha value is -1.34. The van der Waals surface area contributed by atoms with Crippen LogP contribution in [0.3, 0.4) is 0 Å². The van der Waals surface area contributed by atoms with Crippen LogP contribution < -0.4 is 0 Å². The highest BCUT2D eigenvalue weighted by molar-refractivity contribution is 8.26. The summed E-state index contributed by atoms with van der Waals surface area (Å²) in [6.07, 6.45) is -2.80. The van der Waals surface area contributed by atoms with Gasteiger partial charge in [-0.05, 0) is 37.6 Å². The first-order valence-electron chi connectivity index (χ1n) is 6.14. The summed E-state index contributed by atoms with van der Waals surface area (Å²) in [5, 5.41) is 0. The molecule has 0 aromatic heterocycles. The average molecular weight is 331 g/mol. The summed E-state index contributed by atoms with van der Waals surface area (Å²) in [6.45, 7) is 3.71. The minimum absolute atomic E-state index is 0.0454. The van der Waals surface area contributed by atoms with E-state index in [1.54, 1.807) is 6.08 Å². The molecular weight excluding hydrogens is 319 g/mol. The minimum Gasteiger partial charge on any atom is -0.290 e. The summed E-state index contributed by atoms with van der Waals surface area (Å²) < 4.78 is 37.9. The molecule has 0 saturated carbocycles. The van der Waals surface area contributed by atoms with Crippen molar-refractivity contribution >= 4 is 40.3 Å². The molecule has 1 saturated heterocycles. The summed E-state index contributed by atoms with van der Waals surface area (Å²) >= 11 is 6.30. The number of halogens is 3. The van der Waals surface area contributed by atoms with Crippen LogP contribution in [0.1, 0.15) is 25.0 Å². The molecule has 7 heteroatoms. The van der Waals surface area contributed by atoms with Gasteiger partial charge in [0, 0.05) is 6.04 Å². The summed E-state index contributed by atoms with van der Waals surface area (Å²) in [7, 11) is 0. The van der Waals surface area contributed by atoms with Crippen molar-refractivity contribution in [1.82, 2.24) is 4.90 Å². The lowest BCUT2D eigenvalue weighted by Gasteiger charge is -2.18. The first-order chi connectivity index (χ1) is 9.70. The van der Waals surface area contributed by atoms with E-state index in [-0.39, 0.29) is 11.9 Å². The molecule has 1 amide bonds. The van der Waals surface area contributed by atoms with Gasteiger partial charge in [-0.2, -0.15) is 13.2 Å². The molecular formula is C14H12F3NOS2. The van der Waals surface area contributed by atoms with E-state index in [1.165, 1.54) is 17.0 Å². The zero-order valence-electron chi connectivity index (χ0n) is 11.3. The van der Waals surface area contributed by atoms with Gasteiger partial charge in [0.25, 0.3) is 5.91 Å². The van der Waals surface area contributed by atoms with E-state index in [0.29, 0.717) is 14.8 Å². The molecule has 1 aromatic rings. The molecule has 21 heavy (non-hydrogen) atoms. The quantitative estimate of drug-likeness (QED) is 0.595. The number of hydrogen-bond donors (Lipinski definition) is 0. The van der Waals surface area contributed by atoms with E-state index in [1.807, 2.05) is 13.8 Å². The lowest BCUT2D eigenvalue weighted by molar-refractivity contribution is -0.137. The highest BCUT2D eigenvalue weighted by atomic mass is 32.2. The molecule has 1 heterocycles. The van der Waals surface area contributed by atoms with Gasteiger partial charge in [-0.15, -0.1) is 0 Å². The average Bonchev–Trinajstić information content (AvgIpc) is 2.64. The fourth-order valence-electron chi connectivity index (χ4n) is 1.84. The second-order valence-electron chi connectivity index (χ2n) is 4.77. The zero-order valence-corrected chi connectivity index (χ0v) is 12.9. The number of carbonyl (C=O) groups excluding carboxylic acids is 1. The third kappa shape index (κ3) is 3.47. The van der Waals surface area contributed by atoms with Crippen LogP contribution in [0.15, 0.2) is 29.2 Å². The normalized spacial score (nSPS) is 18.2. The maximum Gasteiger partial charge on any atom is 0.416 e. The van der Waals surface area contributed by atoms with Gasteiger partial charge in [0.2, 0.25) is 0 Å². The molecule has 0 radical (unpaired) electrons. The number of alkyl halides is 3. The van der Waals surface area contributed by atoms with E-state index < -0.39 is 11.7 Å². The topological polar surface area (TPSA) is 20.3 Å². The number of amides is 1. The molecule has 1 aliphatic heterocycles. The molecule has 2 rings (SSSR count). The van der Waals surface area contributed by atoms with Crippen molar-refractivity contribution in [1.29, 1.82) is 0 Å². The number of benzene rings is 1. The summed E-state index contributed by atoms with van der Waals surface area (Å²) in [5.74, 6) is -0.208. The number of thiocarbonyl (C=S) groups is 1. The number of carbonyl (C=O) groups is 1. The van der Waals surface area contributed by atoms with Crippen LogP contribution in [0.4, 0.5) is 13.2 Å². The molecule has 112 valence electrons. The van der Waals surface area contributed by atoms with Crippen molar-refractivity contribution < 1.29 is 18.0 Å². The van der Waals surface area contributed by atoms with Crippen molar-refractivity contribution in [3.05, 3.63) is 40.3 Å². The Bertz CT molecular complexity index is 606. The number of nitrogens with zero attached hydrogens (tertiary/aromatic N) is 1. The first-order valence-corrected chi connectivity index (χ1v) is 7.37. The largest absolute Gasteiger partial charge is 0.416 e. The van der Waals surface area contributed by atoms with Crippen LogP contribution in [-0.4, -0.2) is 21.2 Å². The highest BCUT2D eigenvalue weighted by Crippen LogP contribution is 2.34. The predicted molar refractivity (Wildman–Crippen MR) is 81.6 cm³/mol. The van der Waals surface area contributed by atoms with E-state index in [9.17, 15) is 18.0 Å². The van der Waals surface area contributed by atoms with Crippen LogP contribution in [0.25, 0.3) is 6.08 Å². The third-order valence-corrected chi connectivity index (χ3v) is 4.21. The van der Waals surface area contributed by atoms with Crippen LogP contribution in [0.2, 0.25) is 0 Å². The molecule has 0 spiro atoms. The monoisotopic (exact) mass is 331 g/mol. The Kier molecular flexibility index (Phi) is 4.43. The lowest BCUT2D eigenvalue weighted by Crippen LogP contribution is -2.34. The molecule has 2 nitrogen and oxygen atoms in total. The van der Waals surface area contributed by atoms with E-state index in [0.717, 1.165) is 23.9 Å². The van der Waals surface area contributed by atoms with Gasteiger partial charge in [0.1, 0.15) is 4.32 Å². The Labute approximate surface area is 130 Å². The van der Waals surface area contributed by atoms with Crippen molar-refractivity contribution in [2.24, 2.45) is 0 Å². The molecule has 1 fully saturated rings. The zero-order chi connectivity index (χ0) is 15.8. The smallest absolute Gasteiger partial charge is 0.290 e. The number of thioether (sulfide) groups is 1. The van der Waals surface area contributed by atoms with Gasteiger partial charge >= 0.3 is 6.18 Å². The SMILES string of the molecule is CC(C)N1C(=O)/C(=C\c2ccc(C(F)(F)F)cc2)SC1=S. The Morgan fingerprint density at radius 3 is 2.24 bits per heavy atom. The maximum absolute atomic E-state index is 12.5. The minimum atomic E-state index is -4.36. The summed E-state index contributed by atoms with van der Waals surface area (Å²) in [6, 6.07) is 4.62. The van der Waals surface area contributed by atoms with Crippen LogP contribution in [0.5, 0.6) is 0 Å². The van der Waals surface area contributed by atoms with E-state index in [4.69, 9.17) is 12.2 Å². The first kappa shape index (κ1) is 16.0. The number of hydrogen-bond acceptors (Lipinski definition) is 3. The molecule has 1 aromatic carbocycles. The summed E-state index contributed by atoms with van der Waals surface area (Å²) in [5.41, 5.74) is -0.179. The standard InChI is InChI=1S/C14H12F3NOS2/c1-8(2)18-12(19)11(21-13(18)20)7-9-3-5-10(6-4-9)14(15,16)17/h3-8H,1-2H3/b11-7+. The van der Waals surface area contributed by atoms with Gasteiger partial charge < -0.3 is 0 Å². The van der Waals surface area contributed by atoms with Gasteiger partial charge in [-0.3, -0.25) is 9.69 Å². The van der Waals surface area contributed by atoms with Crippen molar-refractivity contribution in [2.45, 2.75) is 26.1 Å². The number of rotatable bonds is 2. The highest BCUT2D eigenvalue weighted by Gasteiger charge is 2.34. The van der Waals surface area contributed by atoms with Gasteiger partial charge in [0.15, 0.2) is 0 Å². The molecule has 0 atom stereocenters. The molecule has 0 N–H and O–H groups in total. The molecule has 0 aliphatic carbocycles. The van der Waals surface area contributed by atoms with E-state index >= 15 is 0 Å². The predicted octanol–water partition coefficient (Wildman–Crippen LogP) is 4.32. The molecule has 1 aliphatic rings. The third-order valence-electron chi connectivity index (χ3n) is 2.88. The van der Waals surface area contributed by atoms with Crippen LogP contribution in [0, 0.1) is 0 Å². The van der Waals surface area contributed by atoms with Gasteiger partial charge in [-0.1, -0.05) is 36.1 Å². The van der Waals surface area contributed by atoms with Crippen molar-refractivity contribution in [2.75, 3.05) is 0 Å². The second-order valence-corrected chi connectivity index (χ2v) is 6.44. The molecule has 0 bridgehead atoms. The van der Waals surface area contributed by atoms with Crippen molar-refractivity contribution in [3.63, 3.8) is 0 Å². The van der Waals surface area contributed by atoms with Crippen LogP contribution >= 0.6 is 24.0 Å². The van der Waals surface area contributed by atoms with Gasteiger partial charge in [0.05, 0.1) is 10.5 Å². The fraction of sp³-hybridized carbons (Fsp3) is 0.286. The Balaban J connectivity index is 2.25. The van der Waals surface area contributed by atoms with E-state index in [2.05, 4.69) is 0 Å². The maximum atomic E-state index is 12.5.